The second-order valence-electron chi connectivity index (χ2n) is 4.05. The molecule has 20 heavy (non-hydrogen) atoms. The normalized spacial score (nSPS) is 11.2. The van der Waals surface area contributed by atoms with Crippen LogP contribution in [-0.4, -0.2) is 25.2 Å². The van der Waals surface area contributed by atoms with Crippen LogP contribution in [0.5, 0.6) is 0 Å². The molecule has 0 fully saturated rings. The highest BCUT2D eigenvalue weighted by Crippen LogP contribution is 2.16. The minimum atomic E-state index is -1.30. The quantitative estimate of drug-likeness (QED) is 0.372. The van der Waals surface area contributed by atoms with E-state index in [-0.39, 0.29) is 17.7 Å². The van der Waals surface area contributed by atoms with Crippen LogP contribution in [0.3, 0.4) is 0 Å². The molecule has 0 saturated carbocycles. The second kappa shape index (κ2) is 7.00. The number of allylic oxidation sites excluding steroid dienone is 1. The number of carbonyl (C=O) groups is 1. The van der Waals surface area contributed by atoms with Crippen molar-refractivity contribution in [2.75, 3.05) is 7.11 Å². The number of benzene rings is 1. The van der Waals surface area contributed by atoms with Crippen molar-refractivity contribution in [3.8, 4) is 0 Å². The number of carbonyl (C=O) groups excluding carboxylic acids is 1. The maximum Gasteiger partial charge on any atom is 0.406 e. The maximum absolute atomic E-state index is 13.5. The highest BCUT2D eigenvalue weighted by atomic mass is 19.2. The first-order chi connectivity index (χ1) is 9.33. The van der Waals surface area contributed by atoms with Crippen LogP contribution in [0, 0.1) is 17.5 Å². The molecule has 0 atom stereocenters. The average molecular weight is 287 g/mol. The van der Waals surface area contributed by atoms with Gasteiger partial charge in [0.05, 0.1) is 7.11 Å². The summed E-state index contributed by atoms with van der Waals surface area (Å²) >= 11 is 0. The number of ether oxygens (including phenoxy) is 1. The summed E-state index contributed by atoms with van der Waals surface area (Å²) in [5.74, 6) is -4.17. The zero-order chi connectivity index (χ0) is 15.3. The van der Waals surface area contributed by atoms with Crippen molar-refractivity contribution in [3.05, 3.63) is 46.9 Å². The molecule has 0 aliphatic rings. The van der Waals surface area contributed by atoms with Crippen molar-refractivity contribution in [1.82, 2.24) is 5.23 Å². The predicted molar refractivity (Wildman–Crippen MR) is 67.1 cm³/mol. The summed E-state index contributed by atoms with van der Waals surface area (Å²) in [4.78, 5) is 11.2. The summed E-state index contributed by atoms with van der Waals surface area (Å²) in [6.45, 7) is 1.38. The molecule has 108 valence electrons. The smallest absolute Gasteiger partial charge is 0.406 e. The summed E-state index contributed by atoms with van der Waals surface area (Å²) in [6.07, 6.45) is 0.760. The Bertz CT molecular complexity index is 535. The number of hydrogen-bond acceptors (Lipinski definition) is 4. The first-order valence-electron chi connectivity index (χ1n) is 5.70. The topological polar surface area (TPSA) is 58.6 Å². The Balaban J connectivity index is 3.03. The van der Waals surface area contributed by atoms with Crippen LogP contribution in [0.15, 0.2) is 23.9 Å². The Morgan fingerprint density at radius 2 is 1.95 bits per heavy atom. The summed E-state index contributed by atoms with van der Waals surface area (Å²) in [7, 11) is 0.135. The van der Waals surface area contributed by atoms with Gasteiger partial charge in [0.25, 0.3) is 0 Å². The van der Waals surface area contributed by atoms with E-state index in [1.54, 1.807) is 0 Å². The van der Waals surface area contributed by atoms with E-state index >= 15 is 0 Å². The van der Waals surface area contributed by atoms with Crippen molar-refractivity contribution >= 4 is 13.0 Å². The van der Waals surface area contributed by atoms with E-state index in [2.05, 4.69) is 9.96 Å². The molecule has 8 heteroatoms. The monoisotopic (exact) mass is 287 g/mol. The van der Waals surface area contributed by atoms with Crippen molar-refractivity contribution in [2.24, 2.45) is 0 Å². The van der Waals surface area contributed by atoms with Crippen LogP contribution < -0.4 is 5.23 Å². The van der Waals surface area contributed by atoms with Crippen molar-refractivity contribution < 1.29 is 27.7 Å². The van der Waals surface area contributed by atoms with E-state index in [1.165, 1.54) is 6.82 Å². The first kappa shape index (κ1) is 16.1. The molecule has 0 amide bonds. The lowest BCUT2D eigenvalue weighted by atomic mass is 9.87. The fourth-order valence-electron chi connectivity index (χ4n) is 1.52. The zero-order valence-corrected chi connectivity index (χ0v) is 10.9. The molecule has 0 aromatic heterocycles. The van der Waals surface area contributed by atoms with Crippen LogP contribution in [0.1, 0.15) is 5.56 Å². The molecule has 0 bridgehead atoms. The highest BCUT2D eigenvalue weighted by Gasteiger charge is 2.14. The van der Waals surface area contributed by atoms with Gasteiger partial charge in [-0.05, 0) is 18.5 Å². The molecular formula is C12H13BF3NO3. The number of rotatable bonds is 5. The van der Waals surface area contributed by atoms with Gasteiger partial charge in [-0.15, -0.1) is 0 Å². The van der Waals surface area contributed by atoms with E-state index in [0.717, 1.165) is 13.2 Å². The van der Waals surface area contributed by atoms with Crippen LogP contribution in [0.25, 0.3) is 0 Å². The van der Waals surface area contributed by atoms with Crippen LogP contribution in [-0.2, 0) is 16.0 Å². The molecule has 1 aromatic carbocycles. The van der Waals surface area contributed by atoms with Gasteiger partial charge in [0.15, 0.2) is 11.6 Å². The molecule has 0 heterocycles. The lowest BCUT2D eigenvalue weighted by molar-refractivity contribution is -0.134. The number of nitrogens with one attached hydrogen (secondary N) is 1. The van der Waals surface area contributed by atoms with E-state index in [0.29, 0.717) is 12.1 Å². The molecule has 1 rings (SSSR count). The Morgan fingerprint density at radius 1 is 1.35 bits per heavy atom. The van der Waals surface area contributed by atoms with Gasteiger partial charge < -0.3 is 15.0 Å². The summed E-state index contributed by atoms with van der Waals surface area (Å²) in [6, 6.07) is 1.11. The molecule has 0 radical (unpaired) electrons. The second-order valence-corrected chi connectivity index (χ2v) is 4.05. The van der Waals surface area contributed by atoms with Crippen LogP contribution in [0.4, 0.5) is 13.2 Å². The van der Waals surface area contributed by atoms with Gasteiger partial charge in [-0.3, -0.25) is 0 Å². The van der Waals surface area contributed by atoms with Crippen LogP contribution in [0.2, 0.25) is 6.82 Å². The third kappa shape index (κ3) is 4.62. The third-order valence-corrected chi connectivity index (χ3v) is 2.36. The van der Waals surface area contributed by atoms with Gasteiger partial charge in [-0.1, -0.05) is 0 Å². The third-order valence-electron chi connectivity index (χ3n) is 2.36. The lowest BCUT2D eigenvalue weighted by Gasteiger charge is -2.12. The summed E-state index contributed by atoms with van der Waals surface area (Å²) < 4.78 is 43.8. The van der Waals surface area contributed by atoms with Crippen molar-refractivity contribution in [1.29, 1.82) is 0 Å². The molecule has 4 nitrogen and oxygen atoms in total. The Morgan fingerprint density at radius 3 is 2.50 bits per heavy atom. The van der Waals surface area contributed by atoms with E-state index in [4.69, 9.17) is 0 Å². The van der Waals surface area contributed by atoms with E-state index < -0.39 is 30.5 Å². The van der Waals surface area contributed by atoms with Crippen molar-refractivity contribution in [3.63, 3.8) is 0 Å². The number of halogens is 3. The lowest BCUT2D eigenvalue weighted by Crippen LogP contribution is -2.31. The Labute approximate surface area is 114 Å². The number of hydrogen-bond donors (Lipinski definition) is 2. The molecule has 0 aliphatic heterocycles. The SMILES string of the molecule is COC(=O)/C=C(/Cc1cc(F)c(F)cc1F)NB(C)O. The van der Waals surface area contributed by atoms with E-state index in [1.807, 2.05) is 0 Å². The average Bonchev–Trinajstić information content (AvgIpc) is 2.34. The van der Waals surface area contributed by atoms with Gasteiger partial charge in [-0.2, -0.15) is 0 Å². The van der Waals surface area contributed by atoms with Gasteiger partial charge in [0.1, 0.15) is 5.82 Å². The standard InChI is InChI=1S/C12H13BF3NO3/c1-13(19)17-8(5-12(18)20-2)3-7-4-10(15)11(16)6-9(7)14/h4-6,17,19H,3H2,1-2H3/b8-5-. The molecule has 1 aromatic rings. The molecule has 0 saturated heterocycles. The summed E-state index contributed by atoms with van der Waals surface area (Å²) in [5, 5.41) is 11.7. The highest BCUT2D eigenvalue weighted by molar-refractivity contribution is 6.46. The Kier molecular flexibility index (Phi) is 5.63. The molecule has 0 aliphatic carbocycles. The number of esters is 1. The minimum Gasteiger partial charge on any atom is -0.466 e. The zero-order valence-electron chi connectivity index (χ0n) is 10.9. The molecular weight excluding hydrogens is 274 g/mol. The largest absolute Gasteiger partial charge is 0.466 e. The minimum absolute atomic E-state index is 0.108. The van der Waals surface area contributed by atoms with Gasteiger partial charge >= 0.3 is 13.0 Å². The van der Waals surface area contributed by atoms with Gasteiger partial charge in [0.2, 0.25) is 0 Å². The van der Waals surface area contributed by atoms with Gasteiger partial charge in [0, 0.05) is 24.3 Å². The fraction of sp³-hybridized carbons (Fsp3) is 0.250. The van der Waals surface area contributed by atoms with Gasteiger partial charge in [-0.25, -0.2) is 18.0 Å². The Hall–Kier alpha value is -1.96. The first-order valence-corrected chi connectivity index (χ1v) is 5.70. The fourth-order valence-corrected chi connectivity index (χ4v) is 1.52. The summed E-state index contributed by atoms with van der Waals surface area (Å²) in [5.41, 5.74) is -0.0519. The number of methoxy groups -OCH3 is 1. The van der Waals surface area contributed by atoms with E-state index in [9.17, 15) is 23.0 Å². The van der Waals surface area contributed by atoms with Crippen molar-refractivity contribution in [2.45, 2.75) is 13.2 Å². The molecule has 2 N–H and O–H groups in total. The molecule has 0 unspecified atom stereocenters. The van der Waals surface area contributed by atoms with Crippen LogP contribution >= 0.6 is 0 Å². The molecule has 0 spiro atoms. The predicted octanol–water partition coefficient (Wildman–Crippen LogP) is 1.40. The maximum atomic E-state index is 13.5.